The van der Waals surface area contributed by atoms with Crippen molar-refractivity contribution in [3.63, 3.8) is 0 Å². The molecule has 0 saturated carbocycles. The molecule has 2 aromatic carbocycles. The van der Waals surface area contributed by atoms with Gasteiger partial charge in [-0.15, -0.1) is 0 Å². The average molecular weight is 384 g/mol. The molecule has 0 aliphatic carbocycles. The quantitative estimate of drug-likeness (QED) is 0.391. The summed E-state index contributed by atoms with van der Waals surface area (Å²) < 4.78 is 5.32. The van der Waals surface area contributed by atoms with Crippen molar-refractivity contribution in [1.29, 1.82) is 0 Å². The Labute approximate surface area is 161 Å². The van der Waals surface area contributed by atoms with Gasteiger partial charge in [0, 0.05) is 24.6 Å². The maximum atomic E-state index is 11.9. The minimum atomic E-state index is -0.533. The van der Waals surface area contributed by atoms with Crippen LogP contribution in [-0.4, -0.2) is 29.6 Å². The van der Waals surface area contributed by atoms with Gasteiger partial charge in [0.2, 0.25) is 11.8 Å². The fourth-order valence-corrected chi connectivity index (χ4v) is 2.24. The van der Waals surface area contributed by atoms with E-state index in [1.807, 2.05) is 6.92 Å². The van der Waals surface area contributed by atoms with Crippen LogP contribution in [0.25, 0.3) is 0 Å². The number of rotatable bonds is 9. The average Bonchev–Trinajstić information content (AvgIpc) is 2.68. The number of carbonyl (C=O) groups is 2. The molecular weight excluding hydrogens is 364 g/mol. The molecule has 2 aromatic rings. The van der Waals surface area contributed by atoms with E-state index in [1.54, 1.807) is 30.3 Å². The standard InChI is InChI=1S/C19H20N4O5/c1-2-28-16-9-7-15(8-10-16)21-18(24)11-12-19(25)22-20-13-14-5-3-4-6-17(14)23(26)27/h3-10,13H,2,11-12H2,1H3,(H,21,24)(H,22,25). The molecule has 0 atom stereocenters. The van der Waals surface area contributed by atoms with Crippen LogP contribution in [0.3, 0.4) is 0 Å². The number of benzene rings is 2. The van der Waals surface area contributed by atoms with Gasteiger partial charge in [-0.05, 0) is 37.3 Å². The number of amides is 2. The third-order valence-corrected chi connectivity index (χ3v) is 3.55. The summed E-state index contributed by atoms with van der Waals surface area (Å²) in [5, 5.41) is 17.3. The molecule has 28 heavy (non-hydrogen) atoms. The van der Waals surface area contributed by atoms with E-state index in [-0.39, 0.29) is 30.0 Å². The molecule has 2 rings (SSSR count). The van der Waals surface area contributed by atoms with E-state index in [0.29, 0.717) is 18.0 Å². The zero-order chi connectivity index (χ0) is 20.4. The van der Waals surface area contributed by atoms with Gasteiger partial charge in [-0.2, -0.15) is 5.10 Å². The van der Waals surface area contributed by atoms with E-state index in [0.717, 1.165) is 0 Å². The van der Waals surface area contributed by atoms with E-state index < -0.39 is 10.8 Å². The van der Waals surface area contributed by atoms with Crippen molar-refractivity contribution in [2.24, 2.45) is 5.10 Å². The van der Waals surface area contributed by atoms with Gasteiger partial charge in [0.1, 0.15) is 5.75 Å². The monoisotopic (exact) mass is 384 g/mol. The van der Waals surface area contributed by atoms with Crippen molar-refractivity contribution in [1.82, 2.24) is 5.43 Å². The van der Waals surface area contributed by atoms with Gasteiger partial charge in [-0.3, -0.25) is 19.7 Å². The van der Waals surface area contributed by atoms with Crippen molar-refractivity contribution < 1.29 is 19.2 Å². The molecule has 0 aliphatic rings. The van der Waals surface area contributed by atoms with E-state index >= 15 is 0 Å². The van der Waals surface area contributed by atoms with E-state index in [1.165, 1.54) is 24.4 Å². The van der Waals surface area contributed by atoms with Crippen LogP contribution in [0.2, 0.25) is 0 Å². The summed E-state index contributed by atoms with van der Waals surface area (Å²) in [6.45, 7) is 2.44. The molecule has 9 heteroatoms. The summed E-state index contributed by atoms with van der Waals surface area (Å²) >= 11 is 0. The Bertz CT molecular complexity index is 865. The van der Waals surface area contributed by atoms with Crippen LogP contribution < -0.4 is 15.5 Å². The van der Waals surface area contributed by atoms with Crippen molar-refractivity contribution in [2.75, 3.05) is 11.9 Å². The number of hydrogen-bond donors (Lipinski definition) is 2. The largest absolute Gasteiger partial charge is 0.494 e. The van der Waals surface area contributed by atoms with Gasteiger partial charge < -0.3 is 10.1 Å². The highest BCUT2D eigenvalue weighted by Gasteiger charge is 2.10. The van der Waals surface area contributed by atoms with Crippen molar-refractivity contribution in [2.45, 2.75) is 19.8 Å². The van der Waals surface area contributed by atoms with Crippen LogP contribution in [0.1, 0.15) is 25.3 Å². The highest BCUT2D eigenvalue weighted by molar-refractivity contribution is 5.93. The number of para-hydroxylation sites is 1. The van der Waals surface area contributed by atoms with Gasteiger partial charge >= 0.3 is 0 Å². The lowest BCUT2D eigenvalue weighted by Gasteiger charge is -2.07. The van der Waals surface area contributed by atoms with Gasteiger partial charge in [-0.25, -0.2) is 5.43 Å². The van der Waals surface area contributed by atoms with Crippen LogP contribution in [0.5, 0.6) is 5.75 Å². The lowest BCUT2D eigenvalue weighted by Crippen LogP contribution is -2.20. The summed E-state index contributed by atoms with van der Waals surface area (Å²) in [7, 11) is 0. The number of nitro groups is 1. The van der Waals surface area contributed by atoms with Crippen molar-refractivity contribution in [3.05, 3.63) is 64.2 Å². The van der Waals surface area contributed by atoms with Crippen molar-refractivity contribution >= 4 is 29.4 Å². The Hall–Kier alpha value is -3.75. The minimum Gasteiger partial charge on any atom is -0.494 e. The summed E-state index contributed by atoms with van der Waals surface area (Å²) in [6.07, 6.45) is 1.09. The van der Waals surface area contributed by atoms with Gasteiger partial charge in [0.15, 0.2) is 0 Å². The molecule has 0 heterocycles. The van der Waals surface area contributed by atoms with Crippen LogP contribution in [0.15, 0.2) is 53.6 Å². The molecule has 0 saturated heterocycles. The molecular formula is C19H20N4O5. The summed E-state index contributed by atoms with van der Waals surface area (Å²) in [6, 6.07) is 12.9. The van der Waals surface area contributed by atoms with Crippen molar-refractivity contribution in [3.8, 4) is 5.75 Å². The molecule has 0 radical (unpaired) electrons. The predicted octanol–water partition coefficient (Wildman–Crippen LogP) is 2.86. The minimum absolute atomic E-state index is 0.0277. The molecule has 0 bridgehead atoms. The first-order valence-corrected chi connectivity index (χ1v) is 8.57. The zero-order valence-electron chi connectivity index (χ0n) is 15.3. The summed E-state index contributed by atoms with van der Waals surface area (Å²) in [5.74, 6) is -0.0879. The Kier molecular flexibility index (Phi) is 7.64. The van der Waals surface area contributed by atoms with Gasteiger partial charge in [-0.1, -0.05) is 12.1 Å². The second-order valence-electron chi connectivity index (χ2n) is 5.61. The third-order valence-electron chi connectivity index (χ3n) is 3.55. The number of nitro benzene ring substituents is 1. The SMILES string of the molecule is CCOc1ccc(NC(=O)CCC(=O)NN=Cc2ccccc2[N+](=O)[O-])cc1. The Morgan fingerprint density at radius 2 is 1.79 bits per heavy atom. The van der Waals surface area contributed by atoms with Crippen LogP contribution >= 0.6 is 0 Å². The fraction of sp³-hybridized carbons (Fsp3) is 0.211. The Morgan fingerprint density at radius 3 is 2.46 bits per heavy atom. The first-order chi connectivity index (χ1) is 13.5. The first-order valence-electron chi connectivity index (χ1n) is 8.57. The molecule has 9 nitrogen and oxygen atoms in total. The normalized spacial score (nSPS) is 10.5. The number of anilines is 1. The Morgan fingerprint density at radius 1 is 1.11 bits per heavy atom. The third kappa shape index (κ3) is 6.52. The molecule has 146 valence electrons. The second kappa shape index (κ2) is 10.4. The number of hydrazone groups is 1. The van der Waals surface area contributed by atoms with Gasteiger partial charge in [0.05, 0.1) is 23.3 Å². The smallest absolute Gasteiger partial charge is 0.278 e. The summed E-state index contributed by atoms with van der Waals surface area (Å²) in [4.78, 5) is 34.0. The highest BCUT2D eigenvalue weighted by Crippen LogP contribution is 2.16. The van der Waals surface area contributed by atoms with Crippen LogP contribution in [-0.2, 0) is 9.59 Å². The maximum Gasteiger partial charge on any atom is 0.278 e. The van der Waals surface area contributed by atoms with E-state index in [2.05, 4.69) is 15.8 Å². The number of carbonyl (C=O) groups excluding carboxylic acids is 2. The predicted molar refractivity (Wildman–Crippen MR) is 104 cm³/mol. The second-order valence-corrected chi connectivity index (χ2v) is 5.61. The van der Waals surface area contributed by atoms with E-state index in [4.69, 9.17) is 4.74 Å². The molecule has 0 aliphatic heterocycles. The molecule has 0 aromatic heterocycles. The topological polar surface area (TPSA) is 123 Å². The Balaban J connectivity index is 1.77. The molecule has 2 amide bonds. The molecule has 0 spiro atoms. The molecule has 0 unspecified atom stereocenters. The lowest BCUT2D eigenvalue weighted by molar-refractivity contribution is -0.385. The highest BCUT2D eigenvalue weighted by atomic mass is 16.6. The summed E-state index contributed by atoms with van der Waals surface area (Å²) in [5.41, 5.74) is 3.00. The van der Waals surface area contributed by atoms with Crippen LogP contribution in [0, 0.1) is 10.1 Å². The van der Waals surface area contributed by atoms with Gasteiger partial charge in [0.25, 0.3) is 5.69 Å². The number of nitrogens with one attached hydrogen (secondary N) is 2. The molecule has 0 fully saturated rings. The van der Waals surface area contributed by atoms with Crippen LogP contribution in [0.4, 0.5) is 11.4 Å². The number of hydrogen-bond acceptors (Lipinski definition) is 6. The first kappa shape index (κ1) is 20.6. The molecule has 2 N–H and O–H groups in total. The zero-order valence-corrected chi connectivity index (χ0v) is 15.3. The fourth-order valence-electron chi connectivity index (χ4n) is 2.24. The maximum absolute atomic E-state index is 11.9. The number of ether oxygens (including phenoxy) is 1. The number of nitrogens with zero attached hydrogens (tertiary/aromatic N) is 2. The lowest BCUT2D eigenvalue weighted by atomic mass is 10.2. The van der Waals surface area contributed by atoms with E-state index in [9.17, 15) is 19.7 Å².